The van der Waals surface area contributed by atoms with Crippen LogP contribution in [0, 0.1) is 5.92 Å². The van der Waals surface area contributed by atoms with E-state index < -0.39 is 24.5 Å². The summed E-state index contributed by atoms with van der Waals surface area (Å²) in [5.41, 5.74) is 1.38. The topological polar surface area (TPSA) is 90.9 Å². The summed E-state index contributed by atoms with van der Waals surface area (Å²) >= 11 is 1.39. The van der Waals surface area contributed by atoms with Crippen molar-refractivity contribution in [2.45, 2.75) is 33.1 Å². The molecular formula is C26H27NO6S. The normalized spacial score (nSPS) is 14.8. The lowest BCUT2D eigenvalue weighted by atomic mass is 9.88. The first-order chi connectivity index (χ1) is 16.5. The van der Waals surface area contributed by atoms with Gasteiger partial charge in [0, 0.05) is 10.3 Å². The predicted octanol–water partition coefficient (Wildman–Crippen LogP) is 4.76. The Labute approximate surface area is 202 Å². The van der Waals surface area contributed by atoms with Gasteiger partial charge < -0.3 is 19.5 Å². The van der Waals surface area contributed by atoms with Gasteiger partial charge >= 0.3 is 11.9 Å². The molecule has 0 bridgehead atoms. The fourth-order valence-corrected chi connectivity index (χ4v) is 5.48. The maximum atomic E-state index is 12.6. The summed E-state index contributed by atoms with van der Waals surface area (Å²) in [6.45, 7) is 3.38. The summed E-state index contributed by atoms with van der Waals surface area (Å²) in [7, 11) is 0. The molecular weight excluding hydrogens is 454 g/mol. The van der Waals surface area contributed by atoms with Crippen LogP contribution in [0.5, 0.6) is 5.75 Å². The molecule has 1 atom stereocenters. The van der Waals surface area contributed by atoms with Crippen molar-refractivity contribution in [1.82, 2.24) is 0 Å². The number of esters is 2. The number of carbonyl (C=O) groups excluding carboxylic acids is 3. The van der Waals surface area contributed by atoms with Gasteiger partial charge in [0.25, 0.3) is 5.91 Å². The molecule has 1 unspecified atom stereocenters. The summed E-state index contributed by atoms with van der Waals surface area (Å²) in [6.07, 6.45) is 2.62. The molecule has 2 aromatic carbocycles. The van der Waals surface area contributed by atoms with Crippen LogP contribution >= 0.6 is 11.3 Å². The fraction of sp³-hybridized carbons (Fsp3) is 0.346. The first-order valence-electron chi connectivity index (χ1n) is 11.3. The lowest BCUT2D eigenvalue weighted by molar-refractivity contribution is -0.149. The Bertz CT molecular complexity index is 1210. The highest BCUT2D eigenvalue weighted by Gasteiger charge is 2.29. The molecule has 0 radical (unpaired) electrons. The molecule has 1 N–H and O–H groups in total. The van der Waals surface area contributed by atoms with Crippen LogP contribution in [-0.4, -0.2) is 37.7 Å². The highest BCUT2D eigenvalue weighted by Crippen LogP contribution is 2.40. The molecule has 0 spiro atoms. The number of hydrogen-bond donors (Lipinski definition) is 1. The minimum atomic E-state index is -0.659. The van der Waals surface area contributed by atoms with E-state index >= 15 is 0 Å². The fourth-order valence-electron chi connectivity index (χ4n) is 4.07. The van der Waals surface area contributed by atoms with Crippen molar-refractivity contribution in [3.05, 3.63) is 58.5 Å². The highest BCUT2D eigenvalue weighted by atomic mass is 32.1. The zero-order valence-electron chi connectivity index (χ0n) is 19.2. The van der Waals surface area contributed by atoms with E-state index in [0.717, 1.165) is 40.5 Å². The van der Waals surface area contributed by atoms with Gasteiger partial charge in [-0.3, -0.25) is 4.79 Å². The van der Waals surface area contributed by atoms with E-state index in [9.17, 15) is 14.4 Å². The summed E-state index contributed by atoms with van der Waals surface area (Å²) in [5, 5.41) is 5.07. The third kappa shape index (κ3) is 5.39. The van der Waals surface area contributed by atoms with E-state index in [4.69, 9.17) is 14.2 Å². The van der Waals surface area contributed by atoms with Gasteiger partial charge in [-0.1, -0.05) is 43.3 Å². The average molecular weight is 482 g/mol. The number of thiophene rings is 1. The second kappa shape index (κ2) is 10.7. The van der Waals surface area contributed by atoms with Crippen LogP contribution in [0.2, 0.25) is 0 Å². The summed E-state index contributed by atoms with van der Waals surface area (Å²) in [6, 6.07) is 13.3. The van der Waals surface area contributed by atoms with Crippen molar-refractivity contribution in [2.75, 3.05) is 25.1 Å². The zero-order chi connectivity index (χ0) is 24.1. The van der Waals surface area contributed by atoms with Gasteiger partial charge in [0.15, 0.2) is 13.2 Å². The first kappa shape index (κ1) is 23.8. The van der Waals surface area contributed by atoms with Crippen LogP contribution in [0.1, 0.15) is 41.1 Å². The Morgan fingerprint density at radius 3 is 2.68 bits per heavy atom. The molecule has 7 nitrogen and oxygen atoms in total. The molecule has 0 saturated carbocycles. The van der Waals surface area contributed by atoms with Crippen LogP contribution < -0.4 is 10.1 Å². The molecule has 4 rings (SSSR count). The minimum absolute atomic E-state index is 0.252. The number of benzene rings is 2. The second-order valence-electron chi connectivity index (χ2n) is 8.25. The molecule has 8 heteroatoms. The zero-order valence-corrected chi connectivity index (χ0v) is 20.0. The van der Waals surface area contributed by atoms with E-state index in [1.165, 1.54) is 11.3 Å². The van der Waals surface area contributed by atoms with Crippen LogP contribution in [0.4, 0.5) is 5.00 Å². The first-order valence-corrected chi connectivity index (χ1v) is 12.2. The lowest BCUT2D eigenvalue weighted by Crippen LogP contribution is -2.24. The van der Waals surface area contributed by atoms with Crippen LogP contribution in [-0.2, 0) is 31.9 Å². The second-order valence-corrected chi connectivity index (χ2v) is 9.36. The van der Waals surface area contributed by atoms with Gasteiger partial charge in [0.2, 0.25) is 0 Å². The predicted molar refractivity (Wildman–Crippen MR) is 130 cm³/mol. The number of rotatable bonds is 8. The molecule has 0 aliphatic heterocycles. The standard InChI is InChI=1S/C26H27NO6S/c1-3-31-26(30)24-19-12-11-16(2)13-21(19)34-25(24)27-22(28)14-33-23(29)15-32-20-10-6-8-17-7-4-5-9-18(17)20/h4-10,16H,3,11-15H2,1-2H3,(H,27,28). The molecule has 3 aromatic rings. The summed E-state index contributed by atoms with van der Waals surface area (Å²) in [5.74, 6) is -0.529. The Morgan fingerprint density at radius 1 is 1.06 bits per heavy atom. The Morgan fingerprint density at radius 2 is 1.85 bits per heavy atom. The van der Waals surface area contributed by atoms with Gasteiger partial charge in [-0.25, -0.2) is 9.59 Å². The molecule has 34 heavy (non-hydrogen) atoms. The maximum Gasteiger partial charge on any atom is 0.344 e. The Hall–Kier alpha value is -3.39. The third-order valence-electron chi connectivity index (χ3n) is 5.70. The average Bonchev–Trinajstić information content (AvgIpc) is 3.18. The van der Waals surface area contributed by atoms with Crippen molar-refractivity contribution in [2.24, 2.45) is 5.92 Å². The van der Waals surface area contributed by atoms with Gasteiger partial charge in [0.05, 0.1) is 12.2 Å². The molecule has 0 fully saturated rings. The Kier molecular flexibility index (Phi) is 7.47. The van der Waals surface area contributed by atoms with Crippen LogP contribution in [0.25, 0.3) is 10.8 Å². The number of anilines is 1. The van der Waals surface area contributed by atoms with E-state index in [-0.39, 0.29) is 13.2 Å². The van der Waals surface area contributed by atoms with Crippen molar-refractivity contribution in [3.63, 3.8) is 0 Å². The van der Waals surface area contributed by atoms with Crippen molar-refractivity contribution in [3.8, 4) is 5.75 Å². The molecule has 1 aliphatic carbocycles. The maximum absolute atomic E-state index is 12.6. The Balaban J connectivity index is 1.35. The summed E-state index contributed by atoms with van der Waals surface area (Å²) in [4.78, 5) is 38.3. The molecule has 178 valence electrons. The molecule has 0 saturated heterocycles. The largest absolute Gasteiger partial charge is 0.481 e. The van der Waals surface area contributed by atoms with Gasteiger partial charge in [0.1, 0.15) is 10.8 Å². The number of ether oxygens (including phenoxy) is 3. The van der Waals surface area contributed by atoms with Crippen LogP contribution in [0.3, 0.4) is 0 Å². The number of carbonyl (C=O) groups is 3. The van der Waals surface area contributed by atoms with Gasteiger partial charge in [-0.15, -0.1) is 11.3 Å². The smallest absolute Gasteiger partial charge is 0.344 e. The van der Waals surface area contributed by atoms with E-state index in [2.05, 4.69) is 12.2 Å². The molecule has 1 aliphatic rings. The van der Waals surface area contributed by atoms with Gasteiger partial charge in [-0.2, -0.15) is 0 Å². The number of fused-ring (bicyclic) bond motifs is 2. The number of amides is 1. The molecule has 1 aromatic heterocycles. The van der Waals surface area contributed by atoms with E-state index in [1.807, 2.05) is 36.4 Å². The summed E-state index contributed by atoms with van der Waals surface area (Å²) < 4.78 is 15.9. The SMILES string of the molecule is CCOC(=O)c1c(NC(=O)COC(=O)COc2cccc3ccccc23)sc2c1CCC(C)C2. The number of nitrogens with one attached hydrogen (secondary N) is 1. The quantitative estimate of drug-likeness (QED) is 0.467. The monoisotopic (exact) mass is 481 g/mol. The van der Waals surface area contributed by atoms with E-state index in [0.29, 0.717) is 22.2 Å². The van der Waals surface area contributed by atoms with Crippen LogP contribution in [0.15, 0.2) is 42.5 Å². The molecule has 1 amide bonds. The van der Waals surface area contributed by atoms with Crippen molar-refractivity contribution in [1.29, 1.82) is 0 Å². The lowest BCUT2D eigenvalue weighted by Gasteiger charge is -2.18. The van der Waals surface area contributed by atoms with Crippen molar-refractivity contribution < 1.29 is 28.6 Å². The third-order valence-corrected chi connectivity index (χ3v) is 6.87. The highest BCUT2D eigenvalue weighted by molar-refractivity contribution is 7.17. The number of hydrogen-bond acceptors (Lipinski definition) is 7. The van der Waals surface area contributed by atoms with Crippen molar-refractivity contribution >= 4 is 45.0 Å². The molecule has 1 heterocycles. The van der Waals surface area contributed by atoms with E-state index in [1.54, 1.807) is 13.0 Å². The van der Waals surface area contributed by atoms with Gasteiger partial charge in [-0.05, 0) is 49.1 Å². The minimum Gasteiger partial charge on any atom is -0.481 e.